The van der Waals surface area contributed by atoms with Gasteiger partial charge in [-0.15, -0.1) is 0 Å². The summed E-state index contributed by atoms with van der Waals surface area (Å²) < 4.78 is 21.8. The molecule has 2 aromatic rings. The summed E-state index contributed by atoms with van der Waals surface area (Å²) in [7, 11) is 1.56. The van der Waals surface area contributed by atoms with E-state index in [2.05, 4.69) is 4.99 Å². The van der Waals surface area contributed by atoms with Gasteiger partial charge in [0.2, 0.25) is 11.6 Å². The van der Waals surface area contributed by atoms with E-state index in [4.69, 9.17) is 18.9 Å². The number of rotatable bonds is 3. The third-order valence-electron chi connectivity index (χ3n) is 3.79. The lowest BCUT2D eigenvalue weighted by molar-refractivity contribution is -0.129. The minimum atomic E-state index is -0.493. The van der Waals surface area contributed by atoms with Crippen molar-refractivity contribution in [2.45, 2.75) is 0 Å². The Morgan fingerprint density at radius 3 is 2.72 bits per heavy atom. The lowest BCUT2D eigenvalue weighted by atomic mass is 10.1. The molecule has 6 heteroatoms. The zero-order chi connectivity index (χ0) is 17.2. The Morgan fingerprint density at radius 2 is 1.92 bits per heavy atom. The Balaban J connectivity index is 1.71. The quantitative estimate of drug-likeness (QED) is 0.636. The van der Waals surface area contributed by atoms with Gasteiger partial charge in [-0.3, -0.25) is 0 Å². The standard InChI is InChI=1S/C19H15NO5/c1-22-15-10-12(11-16-17(15)24-8-7-23-16)9-14-19(21)25-18(20-14)13-5-3-2-4-6-13/h2-6,9-11H,7-8H2,1H3/b14-9-. The third-order valence-corrected chi connectivity index (χ3v) is 3.79. The Labute approximate surface area is 144 Å². The minimum Gasteiger partial charge on any atom is -0.493 e. The van der Waals surface area contributed by atoms with Gasteiger partial charge in [0.25, 0.3) is 0 Å². The summed E-state index contributed by atoms with van der Waals surface area (Å²) in [5.74, 6) is 1.49. The first kappa shape index (κ1) is 15.3. The van der Waals surface area contributed by atoms with Crippen LogP contribution in [0.2, 0.25) is 0 Å². The SMILES string of the molecule is COc1cc(/C=C2\N=C(c3ccccc3)OC2=O)cc2c1OCCO2. The maximum Gasteiger partial charge on any atom is 0.363 e. The summed E-state index contributed by atoms with van der Waals surface area (Å²) >= 11 is 0. The molecule has 0 saturated heterocycles. The van der Waals surface area contributed by atoms with Crippen LogP contribution in [0.1, 0.15) is 11.1 Å². The number of esters is 1. The number of fused-ring (bicyclic) bond motifs is 1. The molecule has 6 nitrogen and oxygen atoms in total. The van der Waals surface area contributed by atoms with Crippen molar-refractivity contribution in [3.63, 3.8) is 0 Å². The van der Waals surface area contributed by atoms with Crippen LogP contribution in [0.15, 0.2) is 53.2 Å². The highest BCUT2D eigenvalue weighted by molar-refractivity contribution is 6.12. The first-order chi connectivity index (χ1) is 12.2. The summed E-state index contributed by atoms with van der Waals surface area (Å²) in [5.41, 5.74) is 1.68. The number of carbonyl (C=O) groups excluding carboxylic acids is 1. The van der Waals surface area contributed by atoms with Gasteiger partial charge in [-0.2, -0.15) is 0 Å². The monoisotopic (exact) mass is 337 g/mol. The van der Waals surface area contributed by atoms with Gasteiger partial charge in [-0.05, 0) is 35.9 Å². The largest absolute Gasteiger partial charge is 0.493 e. The molecule has 0 radical (unpaired) electrons. The fourth-order valence-electron chi connectivity index (χ4n) is 2.65. The number of cyclic esters (lactones) is 1. The second kappa shape index (κ2) is 6.32. The van der Waals surface area contributed by atoms with Gasteiger partial charge >= 0.3 is 5.97 Å². The number of carbonyl (C=O) groups is 1. The Bertz CT molecular complexity index is 869. The van der Waals surface area contributed by atoms with Gasteiger partial charge in [0.05, 0.1) is 7.11 Å². The van der Waals surface area contributed by atoms with E-state index >= 15 is 0 Å². The zero-order valence-corrected chi connectivity index (χ0v) is 13.5. The summed E-state index contributed by atoms with van der Waals surface area (Å²) in [6.07, 6.45) is 1.64. The maximum absolute atomic E-state index is 12.1. The van der Waals surface area contributed by atoms with E-state index in [0.29, 0.717) is 41.9 Å². The van der Waals surface area contributed by atoms with Crippen LogP contribution in [0.4, 0.5) is 0 Å². The van der Waals surface area contributed by atoms with Gasteiger partial charge in [0, 0.05) is 5.56 Å². The van der Waals surface area contributed by atoms with E-state index in [9.17, 15) is 4.79 Å². The van der Waals surface area contributed by atoms with Crippen LogP contribution in [-0.4, -0.2) is 32.2 Å². The van der Waals surface area contributed by atoms with Crippen LogP contribution in [-0.2, 0) is 9.53 Å². The molecular formula is C19H15NO5. The fraction of sp³-hybridized carbons (Fsp3) is 0.158. The highest BCUT2D eigenvalue weighted by atomic mass is 16.6. The van der Waals surface area contributed by atoms with Gasteiger partial charge in [0.15, 0.2) is 17.2 Å². The molecule has 0 atom stereocenters. The third kappa shape index (κ3) is 2.94. The molecule has 0 bridgehead atoms. The lowest BCUT2D eigenvalue weighted by Crippen LogP contribution is -2.16. The Morgan fingerprint density at radius 1 is 1.12 bits per heavy atom. The molecule has 2 aliphatic rings. The number of aliphatic imine (C=N–C) groups is 1. The van der Waals surface area contributed by atoms with Gasteiger partial charge in [-0.1, -0.05) is 18.2 Å². The first-order valence-electron chi connectivity index (χ1n) is 7.80. The first-order valence-corrected chi connectivity index (χ1v) is 7.80. The van der Waals surface area contributed by atoms with Crippen LogP contribution >= 0.6 is 0 Å². The van der Waals surface area contributed by atoms with E-state index in [1.807, 2.05) is 30.3 Å². The normalized spacial score (nSPS) is 17.2. The number of hydrogen-bond donors (Lipinski definition) is 0. The minimum absolute atomic E-state index is 0.220. The van der Waals surface area contributed by atoms with Crippen molar-refractivity contribution in [2.75, 3.05) is 20.3 Å². The molecule has 2 aromatic carbocycles. The molecule has 0 aromatic heterocycles. The Kier molecular flexibility index (Phi) is 3.85. The molecule has 126 valence electrons. The van der Waals surface area contributed by atoms with Crippen molar-refractivity contribution >= 4 is 17.9 Å². The predicted molar refractivity (Wildman–Crippen MR) is 91.0 cm³/mol. The topological polar surface area (TPSA) is 66.4 Å². The molecule has 2 heterocycles. The van der Waals surface area contributed by atoms with E-state index in [1.54, 1.807) is 25.3 Å². The van der Waals surface area contributed by atoms with Crippen molar-refractivity contribution in [3.8, 4) is 17.2 Å². The molecule has 0 amide bonds. The van der Waals surface area contributed by atoms with E-state index in [-0.39, 0.29) is 5.70 Å². The predicted octanol–water partition coefficient (Wildman–Crippen LogP) is 2.81. The number of nitrogens with zero attached hydrogens (tertiary/aromatic N) is 1. The highest BCUT2D eigenvalue weighted by Gasteiger charge is 2.25. The summed E-state index contributed by atoms with van der Waals surface area (Å²) in [6.45, 7) is 0.940. The molecule has 0 unspecified atom stereocenters. The van der Waals surface area contributed by atoms with Gasteiger partial charge < -0.3 is 18.9 Å². The molecule has 0 N–H and O–H groups in total. The van der Waals surface area contributed by atoms with Crippen molar-refractivity contribution in [1.29, 1.82) is 0 Å². The molecule has 0 saturated carbocycles. The number of hydrogen-bond acceptors (Lipinski definition) is 6. The number of methoxy groups -OCH3 is 1. The average Bonchev–Trinajstić information content (AvgIpc) is 3.02. The van der Waals surface area contributed by atoms with Gasteiger partial charge in [0.1, 0.15) is 13.2 Å². The highest BCUT2D eigenvalue weighted by Crippen LogP contribution is 2.41. The number of ether oxygens (including phenoxy) is 4. The second-order valence-corrected chi connectivity index (χ2v) is 5.45. The van der Waals surface area contributed by atoms with Gasteiger partial charge in [-0.25, -0.2) is 9.79 Å². The molecule has 25 heavy (non-hydrogen) atoms. The molecule has 2 aliphatic heterocycles. The smallest absolute Gasteiger partial charge is 0.363 e. The molecule has 0 spiro atoms. The summed E-state index contributed by atoms with van der Waals surface area (Å²) in [4.78, 5) is 16.4. The molecule has 4 rings (SSSR count). The Hall–Kier alpha value is -3.28. The summed E-state index contributed by atoms with van der Waals surface area (Å²) in [6, 6.07) is 12.8. The second-order valence-electron chi connectivity index (χ2n) is 5.45. The maximum atomic E-state index is 12.1. The molecule has 0 aliphatic carbocycles. The fourth-order valence-corrected chi connectivity index (χ4v) is 2.65. The van der Waals surface area contributed by atoms with Crippen molar-refractivity contribution in [3.05, 3.63) is 59.3 Å². The van der Waals surface area contributed by atoms with Crippen LogP contribution in [0, 0.1) is 0 Å². The molecular weight excluding hydrogens is 322 g/mol. The summed E-state index contributed by atoms with van der Waals surface area (Å²) in [5, 5.41) is 0. The van der Waals surface area contributed by atoms with Crippen LogP contribution < -0.4 is 14.2 Å². The average molecular weight is 337 g/mol. The van der Waals surface area contributed by atoms with Crippen molar-refractivity contribution in [2.24, 2.45) is 4.99 Å². The molecule has 0 fully saturated rings. The van der Waals surface area contributed by atoms with Crippen molar-refractivity contribution < 1.29 is 23.7 Å². The lowest BCUT2D eigenvalue weighted by Gasteiger charge is -2.20. The van der Waals surface area contributed by atoms with E-state index < -0.39 is 5.97 Å². The van der Waals surface area contributed by atoms with Crippen LogP contribution in [0.25, 0.3) is 6.08 Å². The van der Waals surface area contributed by atoms with Crippen molar-refractivity contribution in [1.82, 2.24) is 0 Å². The zero-order valence-electron chi connectivity index (χ0n) is 13.5. The van der Waals surface area contributed by atoms with Crippen LogP contribution in [0.3, 0.4) is 0 Å². The van der Waals surface area contributed by atoms with Crippen LogP contribution in [0.5, 0.6) is 17.2 Å². The van der Waals surface area contributed by atoms with E-state index in [1.165, 1.54) is 0 Å². The van der Waals surface area contributed by atoms with E-state index in [0.717, 1.165) is 5.56 Å². The number of benzene rings is 2.